The van der Waals surface area contributed by atoms with Gasteiger partial charge in [-0.1, -0.05) is 48.5 Å². The number of nitrogens with zero attached hydrogens (tertiary/aromatic N) is 1. The highest BCUT2D eigenvalue weighted by Crippen LogP contribution is 2.25. The molecule has 5 heteroatoms. The van der Waals surface area contributed by atoms with Crippen molar-refractivity contribution in [1.29, 1.82) is 0 Å². The van der Waals surface area contributed by atoms with Crippen molar-refractivity contribution in [2.75, 3.05) is 27.2 Å². The van der Waals surface area contributed by atoms with Gasteiger partial charge in [0.25, 0.3) is 0 Å². The van der Waals surface area contributed by atoms with E-state index in [1.54, 1.807) is 6.08 Å². The molecule has 5 nitrogen and oxygen atoms in total. The summed E-state index contributed by atoms with van der Waals surface area (Å²) in [5.41, 5.74) is 4.18. The third-order valence-corrected chi connectivity index (χ3v) is 4.87. The molecule has 1 aliphatic heterocycles. The van der Waals surface area contributed by atoms with Crippen molar-refractivity contribution >= 4 is 23.6 Å². The van der Waals surface area contributed by atoms with E-state index in [4.69, 9.17) is 4.74 Å². The summed E-state index contributed by atoms with van der Waals surface area (Å²) >= 11 is 0. The molecule has 0 spiro atoms. The van der Waals surface area contributed by atoms with Gasteiger partial charge in [0, 0.05) is 19.2 Å². The number of methoxy groups -OCH3 is 1. The van der Waals surface area contributed by atoms with Gasteiger partial charge in [0.1, 0.15) is 6.61 Å². The van der Waals surface area contributed by atoms with Crippen LogP contribution < -0.4 is 0 Å². The van der Waals surface area contributed by atoms with E-state index in [0.29, 0.717) is 11.1 Å². The molecule has 0 saturated carbocycles. The summed E-state index contributed by atoms with van der Waals surface area (Å²) in [6, 6.07) is 15.2. The lowest BCUT2D eigenvalue weighted by atomic mass is 9.95. The Kier molecular flexibility index (Phi) is 6.98. The van der Waals surface area contributed by atoms with Crippen molar-refractivity contribution in [1.82, 2.24) is 4.90 Å². The molecule has 0 N–H and O–H groups in total. The van der Waals surface area contributed by atoms with Crippen molar-refractivity contribution in [2.45, 2.75) is 13.0 Å². The third kappa shape index (κ3) is 5.65. The van der Waals surface area contributed by atoms with Crippen LogP contribution in [0.2, 0.25) is 0 Å². The van der Waals surface area contributed by atoms with Crippen molar-refractivity contribution < 1.29 is 19.1 Å². The Balaban J connectivity index is 1.87. The molecule has 29 heavy (non-hydrogen) atoms. The van der Waals surface area contributed by atoms with Crippen LogP contribution in [-0.4, -0.2) is 44.1 Å². The molecule has 0 unspecified atom stereocenters. The molecule has 0 bridgehead atoms. The highest BCUT2D eigenvalue weighted by atomic mass is 16.5. The molecule has 0 aromatic heterocycles. The van der Waals surface area contributed by atoms with E-state index in [1.165, 1.54) is 18.8 Å². The van der Waals surface area contributed by atoms with E-state index in [9.17, 15) is 9.59 Å². The Morgan fingerprint density at radius 1 is 1.14 bits per heavy atom. The summed E-state index contributed by atoms with van der Waals surface area (Å²) in [6.45, 7) is 2.05. The second-order valence-corrected chi connectivity index (χ2v) is 6.96. The van der Waals surface area contributed by atoms with Crippen LogP contribution in [0.5, 0.6) is 0 Å². The third-order valence-electron chi connectivity index (χ3n) is 4.87. The number of likely N-dealkylation sites (N-methyl/N-ethyl adjacent to an activating group) is 1. The van der Waals surface area contributed by atoms with Crippen molar-refractivity contribution in [3.63, 3.8) is 0 Å². The second kappa shape index (κ2) is 9.85. The fraction of sp³-hybridized carbons (Fsp3) is 0.250. The Labute approximate surface area is 171 Å². The average Bonchev–Trinajstić information content (AvgIpc) is 2.77. The Morgan fingerprint density at radius 3 is 2.62 bits per heavy atom. The molecule has 3 rings (SSSR count). The normalized spacial score (nSPS) is 14.5. The van der Waals surface area contributed by atoms with Crippen molar-refractivity contribution in [3.05, 3.63) is 82.9 Å². The number of hydrogen-bond donors (Lipinski definition) is 0. The van der Waals surface area contributed by atoms with E-state index in [1.807, 2.05) is 48.5 Å². The first-order valence-electron chi connectivity index (χ1n) is 9.56. The fourth-order valence-corrected chi connectivity index (χ4v) is 3.14. The summed E-state index contributed by atoms with van der Waals surface area (Å²) in [4.78, 5) is 26.6. The van der Waals surface area contributed by atoms with Gasteiger partial charge in [0.2, 0.25) is 0 Å². The van der Waals surface area contributed by atoms with Crippen LogP contribution in [0.1, 0.15) is 33.5 Å². The van der Waals surface area contributed by atoms with Crippen LogP contribution >= 0.6 is 0 Å². The van der Waals surface area contributed by atoms with Crippen LogP contribution in [0, 0.1) is 0 Å². The number of esters is 2. The van der Waals surface area contributed by atoms with Crippen LogP contribution in [0.4, 0.5) is 0 Å². The molecule has 0 radical (unpaired) electrons. The fourth-order valence-electron chi connectivity index (χ4n) is 3.14. The standard InChI is InChI=1S/C24H25NO4/c1-25-14-12-19(13-15-25)21-9-8-20(10-11-23(26)28-2)22(16-21)24(27)29-17-18-6-4-3-5-7-18/h3-12,16H,13-15,17H2,1-2H3/b11-10+. The van der Waals surface area contributed by atoms with Crippen LogP contribution in [-0.2, 0) is 20.9 Å². The van der Waals surface area contributed by atoms with Crippen molar-refractivity contribution in [2.24, 2.45) is 0 Å². The molecule has 1 aliphatic rings. The summed E-state index contributed by atoms with van der Waals surface area (Å²) in [5, 5.41) is 0. The van der Waals surface area contributed by atoms with Crippen LogP contribution in [0.15, 0.2) is 60.7 Å². The van der Waals surface area contributed by atoms with Crippen LogP contribution in [0.25, 0.3) is 11.6 Å². The minimum Gasteiger partial charge on any atom is -0.466 e. The summed E-state index contributed by atoms with van der Waals surface area (Å²) in [7, 11) is 3.40. The van der Waals surface area contributed by atoms with Gasteiger partial charge in [-0.05, 0) is 47.9 Å². The predicted molar refractivity (Wildman–Crippen MR) is 113 cm³/mol. The number of carbonyl (C=O) groups is 2. The van der Waals surface area contributed by atoms with Gasteiger partial charge >= 0.3 is 11.9 Å². The number of carbonyl (C=O) groups excluding carboxylic acids is 2. The van der Waals surface area contributed by atoms with E-state index in [2.05, 4.69) is 22.8 Å². The Bertz CT molecular complexity index is 931. The molecule has 0 atom stereocenters. The maximum atomic E-state index is 12.8. The lowest BCUT2D eigenvalue weighted by Crippen LogP contribution is -2.23. The summed E-state index contributed by atoms with van der Waals surface area (Å²) in [6.07, 6.45) is 5.99. The van der Waals surface area contributed by atoms with E-state index in [0.717, 1.165) is 30.6 Å². The topological polar surface area (TPSA) is 55.8 Å². The molecule has 0 amide bonds. The molecular weight excluding hydrogens is 366 g/mol. The number of ether oxygens (including phenoxy) is 2. The quantitative estimate of drug-likeness (QED) is 0.551. The first-order valence-corrected chi connectivity index (χ1v) is 9.56. The van der Waals surface area contributed by atoms with Gasteiger partial charge < -0.3 is 14.4 Å². The zero-order chi connectivity index (χ0) is 20.6. The van der Waals surface area contributed by atoms with Gasteiger partial charge in [-0.3, -0.25) is 0 Å². The highest BCUT2D eigenvalue weighted by molar-refractivity contribution is 5.97. The zero-order valence-electron chi connectivity index (χ0n) is 16.8. The molecule has 0 saturated heterocycles. The SMILES string of the molecule is COC(=O)/C=C/c1ccc(C2=CCN(C)CC2)cc1C(=O)OCc1ccccc1. The highest BCUT2D eigenvalue weighted by Gasteiger charge is 2.16. The molecule has 0 fully saturated rings. The maximum absolute atomic E-state index is 12.8. The number of benzene rings is 2. The summed E-state index contributed by atoms with van der Waals surface area (Å²) < 4.78 is 10.2. The molecule has 2 aromatic rings. The van der Waals surface area contributed by atoms with Gasteiger partial charge in [-0.25, -0.2) is 9.59 Å². The van der Waals surface area contributed by atoms with Crippen molar-refractivity contribution in [3.8, 4) is 0 Å². The molecular formula is C24H25NO4. The predicted octanol–water partition coefficient (Wildman–Crippen LogP) is 3.95. The second-order valence-electron chi connectivity index (χ2n) is 6.96. The number of hydrogen-bond acceptors (Lipinski definition) is 5. The molecule has 0 aliphatic carbocycles. The number of rotatable bonds is 6. The largest absolute Gasteiger partial charge is 0.466 e. The van der Waals surface area contributed by atoms with Gasteiger partial charge in [-0.15, -0.1) is 0 Å². The van der Waals surface area contributed by atoms with Gasteiger partial charge in [0.05, 0.1) is 12.7 Å². The summed E-state index contributed by atoms with van der Waals surface area (Å²) in [5.74, 6) is -0.899. The Hall–Kier alpha value is -3.18. The average molecular weight is 391 g/mol. The smallest absolute Gasteiger partial charge is 0.339 e. The Morgan fingerprint density at radius 2 is 1.93 bits per heavy atom. The lowest BCUT2D eigenvalue weighted by Gasteiger charge is -2.22. The van der Waals surface area contributed by atoms with Gasteiger partial charge in [-0.2, -0.15) is 0 Å². The first-order chi connectivity index (χ1) is 14.1. The monoisotopic (exact) mass is 391 g/mol. The zero-order valence-corrected chi connectivity index (χ0v) is 16.8. The molecule has 2 aromatic carbocycles. The van der Waals surface area contributed by atoms with E-state index in [-0.39, 0.29) is 6.61 Å². The van der Waals surface area contributed by atoms with E-state index >= 15 is 0 Å². The maximum Gasteiger partial charge on any atom is 0.339 e. The molecule has 150 valence electrons. The van der Waals surface area contributed by atoms with Gasteiger partial charge in [0.15, 0.2) is 0 Å². The lowest BCUT2D eigenvalue weighted by molar-refractivity contribution is -0.134. The first kappa shape index (κ1) is 20.6. The van der Waals surface area contributed by atoms with E-state index < -0.39 is 11.9 Å². The molecule has 1 heterocycles. The van der Waals surface area contributed by atoms with Crippen LogP contribution in [0.3, 0.4) is 0 Å². The minimum atomic E-state index is -0.476. The minimum absolute atomic E-state index is 0.192.